The maximum atomic E-state index is 11.7. The largest absolute Gasteiger partial charge is 0.378 e. The molecule has 4 rings (SSSR count). The molecule has 0 aliphatic carbocycles. The summed E-state index contributed by atoms with van der Waals surface area (Å²) in [5.74, 6) is 0. The van der Waals surface area contributed by atoms with Crippen molar-refractivity contribution < 1.29 is 9.53 Å². The van der Waals surface area contributed by atoms with Gasteiger partial charge >= 0.3 is 6.03 Å². The van der Waals surface area contributed by atoms with Crippen LogP contribution in [0, 0.1) is 0 Å². The first kappa shape index (κ1) is 22.5. The fourth-order valence-electron chi connectivity index (χ4n) is 3.55. The summed E-state index contributed by atoms with van der Waals surface area (Å²) in [6, 6.07) is 8.57. The van der Waals surface area contributed by atoms with E-state index in [1.54, 1.807) is 17.5 Å². The van der Waals surface area contributed by atoms with Crippen molar-refractivity contribution in [3.05, 3.63) is 46.0 Å². The Hall–Kier alpha value is -2.69. The molecule has 2 aromatic heterocycles. The summed E-state index contributed by atoms with van der Waals surface area (Å²) in [7, 11) is 0. The lowest BCUT2D eigenvalue weighted by Crippen LogP contribution is -2.36. The standard InChI is InChI=1S/C22H28N6O2S2/c1-2-23-20(29)24-8-3-10-28-19(16-32-22(28)26-21-25-9-15-31-21)17-4-6-18(7-5-17)27-11-13-30-14-12-27/h4-7,9,15-16H,2-3,8,10-14H2,1H3,(H2,23,24,29)/b26-22-. The summed E-state index contributed by atoms with van der Waals surface area (Å²) in [6.45, 7) is 7.27. The van der Waals surface area contributed by atoms with Crippen molar-refractivity contribution in [3.63, 3.8) is 0 Å². The highest BCUT2D eigenvalue weighted by atomic mass is 32.1. The van der Waals surface area contributed by atoms with Crippen LogP contribution in [0.5, 0.6) is 0 Å². The first-order chi connectivity index (χ1) is 15.7. The van der Waals surface area contributed by atoms with Gasteiger partial charge in [-0.2, -0.15) is 4.99 Å². The molecule has 10 heteroatoms. The number of anilines is 1. The number of hydrogen-bond donors (Lipinski definition) is 2. The van der Waals surface area contributed by atoms with Crippen LogP contribution in [0.15, 0.2) is 46.2 Å². The summed E-state index contributed by atoms with van der Waals surface area (Å²) in [4.78, 5) is 24.0. The van der Waals surface area contributed by atoms with Gasteiger partial charge in [-0.3, -0.25) is 0 Å². The normalized spacial score (nSPS) is 14.5. The third-order valence-electron chi connectivity index (χ3n) is 5.13. The number of thiazole rings is 2. The minimum atomic E-state index is -0.130. The van der Waals surface area contributed by atoms with E-state index >= 15 is 0 Å². The Balaban J connectivity index is 1.54. The van der Waals surface area contributed by atoms with Gasteiger partial charge in [-0.05, 0) is 31.0 Å². The first-order valence-electron chi connectivity index (χ1n) is 10.8. The van der Waals surface area contributed by atoms with Crippen LogP contribution in [-0.4, -0.2) is 55.0 Å². The number of carbonyl (C=O) groups excluding carboxylic acids is 1. The van der Waals surface area contributed by atoms with E-state index in [0.717, 1.165) is 60.5 Å². The van der Waals surface area contributed by atoms with Crippen LogP contribution < -0.4 is 20.3 Å². The zero-order chi connectivity index (χ0) is 22.2. The second-order valence-corrected chi connectivity index (χ2v) is 8.98. The van der Waals surface area contributed by atoms with Crippen molar-refractivity contribution in [3.8, 4) is 11.3 Å². The van der Waals surface area contributed by atoms with Gasteiger partial charge in [0.05, 0.1) is 18.9 Å². The maximum absolute atomic E-state index is 11.7. The number of nitrogens with one attached hydrogen (secondary N) is 2. The van der Waals surface area contributed by atoms with Crippen LogP contribution in [0.1, 0.15) is 13.3 Å². The van der Waals surface area contributed by atoms with Crippen LogP contribution in [0.25, 0.3) is 11.3 Å². The van der Waals surface area contributed by atoms with E-state index in [2.05, 4.69) is 54.7 Å². The number of carbonyl (C=O) groups is 1. The summed E-state index contributed by atoms with van der Waals surface area (Å²) in [5.41, 5.74) is 3.49. The summed E-state index contributed by atoms with van der Waals surface area (Å²) >= 11 is 3.13. The quantitative estimate of drug-likeness (QED) is 0.492. The number of urea groups is 1. The average Bonchev–Trinajstić information content (AvgIpc) is 3.48. The predicted molar refractivity (Wildman–Crippen MR) is 130 cm³/mol. The highest BCUT2D eigenvalue weighted by Gasteiger charge is 2.13. The van der Waals surface area contributed by atoms with Gasteiger partial charge < -0.3 is 24.8 Å². The lowest BCUT2D eigenvalue weighted by atomic mass is 10.1. The molecule has 3 aromatic rings. The fourth-order valence-corrected chi connectivity index (χ4v) is 5.04. The molecule has 3 heterocycles. The second-order valence-electron chi connectivity index (χ2n) is 7.27. The van der Waals surface area contributed by atoms with Crippen LogP contribution in [0.2, 0.25) is 0 Å². The van der Waals surface area contributed by atoms with Crippen LogP contribution in [0.3, 0.4) is 0 Å². The number of morpholine rings is 1. The lowest BCUT2D eigenvalue weighted by Gasteiger charge is -2.28. The van der Waals surface area contributed by atoms with Crippen LogP contribution in [0.4, 0.5) is 15.6 Å². The van der Waals surface area contributed by atoms with E-state index in [9.17, 15) is 4.79 Å². The molecule has 1 aliphatic heterocycles. The van der Waals surface area contributed by atoms with Gasteiger partial charge in [0.15, 0.2) is 4.80 Å². The molecular weight excluding hydrogens is 444 g/mol. The molecule has 0 bridgehead atoms. The Morgan fingerprint density at radius 1 is 1.19 bits per heavy atom. The molecule has 2 N–H and O–H groups in total. The number of nitrogens with zero attached hydrogens (tertiary/aromatic N) is 4. The van der Waals surface area contributed by atoms with Gasteiger partial charge in [0, 0.05) is 55.4 Å². The zero-order valence-electron chi connectivity index (χ0n) is 18.1. The number of aromatic nitrogens is 2. The second kappa shape index (κ2) is 11.3. The average molecular weight is 473 g/mol. The summed E-state index contributed by atoms with van der Waals surface area (Å²) in [6.07, 6.45) is 2.57. The van der Waals surface area contributed by atoms with Crippen molar-refractivity contribution in [2.75, 3.05) is 44.3 Å². The Morgan fingerprint density at radius 2 is 2.00 bits per heavy atom. The third kappa shape index (κ3) is 5.76. The minimum Gasteiger partial charge on any atom is -0.378 e. The smallest absolute Gasteiger partial charge is 0.314 e. The van der Waals surface area contributed by atoms with E-state index in [1.165, 1.54) is 17.0 Å². The molecule has 32 heavy (non-hydrogen) atoms. The minimum absolute atomic E-state index is 0.130. The maximum Gasteiger partial charge on any atom is 0.314 e. The van der Waals surface area contributed by atoms with E-state index in [0.29, 0.717) is 13.1 Å². The molecule has 0 spiro atoms. The van der Waals surface area contributed by atoms with Crippen LogP contribution >= 0.6 is 22.7 Å². The number of hydrogen-bond acceptors (Lipinski definition) is 7. The molecule has 0 saturated carbocycles. The van der Waals surface area contributed by atoms with E-state index in [1.807, 2.05) is 12.3 Å². The molecule has 2 amide bonds. The van der Waals surface area contributed by atoms with Crippen molar-refractivity contribution in [1.29, 1.82) is 0 Å². The molecule has 1 saturated heterocycles. The van der Waals surface area contributed by atoms with Gasteiger partial charge in [0.25, 0.3) is 0 Å². The highest BCUT2D eigenvalue weighted by Crippen LogP contribution is 2.25. The number of amides is 2. The van der Waals surface area contributed by atoms with Crippen LogP contribution in [-0.2, 0) is 11.3 Å². The van der Waals surface area contributed by atoms with Gasteiger partial charge in [-0.25, -0.2) is 9.78 Å². The Labute approximate surface area is 195 Å². The Kier molecular flexibility index (Phi) is 7.92. The zero-order valence-corrected chi connectivity index (χ0v) is 19.8. The summed E-state index contributed by atoms with van der Waals surface area (Å²) < 4.78 is 7.68. The topological polar surface area (TPSA) is 83.8 Å². The molecule has 0 atom stereocenters. The Morgan fingerprint density at radius 3 is 2.72 bits per heavy atom. The summed E-state index contributed by atoms with van der Waals surface area (Å²) in [5, 5.41) is 10.5. The van der Waals surface area contributed by atoms with Crippen molar-refractivity contribution >= 4 is 39.5 Å². The third-order valence-corrected chi connectivity index (χ3v) is 6.66. The first-order valence-corrected chi connectivity index (χ1v) is 12.6. The van der Waals surface area contributed by atoms with Crippen molar-refractivity contribution in [2.24, 2.45) is 4.99 Å². The Bertz CT molecular complexity index is 1050. The molecule has 0 radical (unpaired) electrons. The van der Waals surface area contributed by atoms with Gasteiger partial charge in [-0.15, -0.1) is 22.7 Å². The van der Waals surface area contributed by atoms with Gasteiger partial charge in [-0.1, -0.05) is 12.1 Å². The van der Waals surface area contributed by atoms with E-state index in [4.69, 9.17) is 9.73 Å². The number of rotatable bonds is 8. The molecule has 8 nitrogen and oxygen atoms in total. The molecule has 1 aromatic carbocycles. The predicted octanol–water partition coefficient (Wildman–Crippen LogP) is 3.45. The molecule has 0 unspecified atom stereocenters. The van der Waals surface area contributed by atoms with Crippen molar-refractivity contribution in [1.82, 2.24) is 20.2 Å². The molecule has 170 valence electrons. The van der Waals surface area contributed by atoms with Gasteiger partial charge in [0.1, 0.15) is 0 Å². The number of ether oxygens (including phenoxy) is 1. The lowest BCUT2D eigenvalue weighted by molar-refractivity contribution is 0.122. The molecular formula is C22H28N6O2S2. The molecule has 1 fully saturated rings. The highest BCUT2D eigenvalue weighted by molar-refractivity contribution is 7.13. The SMILES string of the molecule is CCNC(=O)NCCCn1c(-c2ccc(N3CCOCC3)cc2)cs/c1=N\c1nccs1. The van der Waals surface area contributed by atoms with E-state index < -0.39 is 0 Å². The van der Waals surface area contributed by atoms with E-state index in [-0.39, 0.29) is 6.03 Å². The fraction of sp³-hybridized carbons (Fsp3) is 0.409. The number of benzene rings is 1. The monoisotopic (exact) mass is 472 g/mol. The van der Waals surface area contributed by atoms with Gasteiger partial charge in [0.2, 0.25) is 5.13 Å². The molecule has 1 aliphatic rings. The van der Waals surface area contributed by atoms with Crippen molar-refractivity contribution in [2.45, 2.75) is 19.9 Å².